The first-order chi connectivity index (χ1) is 13.1. The van der Waals surface area contributed by atoms with Crippen LogP contribution in [0.15, 0.2) is 32.6 Å². The van der Waals surface area contributed by atoms with Gasteiger partial charge in [-0.2, -0.15) is 0 Å². The number of nitrogens with one attached hydrogen (secondary N) is 1. The van der Waals surface area contributed by atoms with Crippen LogP contribution in [0.4, 0.5) is 0 Å². The zero-order valence-electron chi connectivity index (χ0n) is 15.7. The summed E-state index contributed by atoms with van der Waals surface area (Å²) in [4.78, 5) is 20.0. The molecule has 146 valence electrons. The molecule has 0 bridgehead atoms. The van der Waals surface area contributed by atoms with Crippen LogP contribution in [0.3, 0.4) is 0 Å². The van der Waals surface area contributed by atoms with Gasteiger partial charge in [0.05, 0.1) is 19.9 Å². The van der Waals surface area contributed by atoms with Gasteiger partial charge in [-0.25, -0.2) is 4.98 Å². The summed E-state index contributed by atoms with van der Waals surface area (Å²) in [7, 11) is 3.23. The topological polar surface area (TPSA) is 64.2 Å². The highest BCUT2D eigenvalue weighted by atomic mass is 79.9. The Morgan fingerprint density at radius 1 is 1.15 bits per heavy atom. The second kappa shape index (κ2) is 9.64. The van der Waals surface area contributed by atoms with Crippen molar-refractivity contribution >= 4 is 27.7 Å². The van der Waals surface area contributed by atoms with Crippen molar-refractivity contribution in [2.24, 2.45) is 0 Å². The molecule has 3 rings (SSSR count). The molecule has 0 atom stereocenters. The Hall–Kier alpha value is -1.47. The van der Waals surface area contributed by atoms with Crippen LogP contribution in [0.5, 0.6) is 11.5 Å². The van der Waals surface area contributed by atoms with E-state index in [1.165, 1.54) is 38.5 Å². The second-order valence-electron chi connectivity index (χ2n) is 6.73. The highest BCUT2D eigenvalue weighted by Gasteiger charge is 2.17. The van der Waals surface area contributed by atoms with E-state index >= 15 is 0 Å². The number of thioether (sulfide) groups is 1. The average Bonchev–Trinajstić information content (AvgIpc) is 2.94. The number of hydrogen-bond acceptors (Lipinski definition) is 5. The number of nitrogens with zero attached hydrogens (tertiary/aromatic N) is 1. The van der Waals surface area contributed by atoms with E-state index in [0.29, 0.717) is 32.8 Å². The zero-order valence-corrected chi connectivity index (χ0v) is 18.1. The van der Waals surface area contributed by atoms with Gasteiger partial charge in [0.25, 0.3) is 5.56 Å². The normalized spacial score (nSPS) is 15.4. The lowest BCUT2D eigenvalue weighted by Gasteiger charge is -2.14. The minimum absolute atomic E-state index is 0.128. The minimum Gasteiger partial charge on any atom is -0.493 e. The molecule has 1 aliphatic carbocycles. The summed E-state index contributed by atoms with van der Waals surface area (Å²) in [6, 6.07) is 5.76. The van der Waals surface area contributed by atoms with E-state index in [-0.39, 0.29) is 5.56 Å². The first-order valence-electron chi connectivity index (χ1n) is 9.27. The molecule has 0 spiro atoms. The maximum atomic E-state index is 12.4. The predicted octanol–water partition coefficient (Wildman–Crippen LogP) is 4.96. The quantitative estimate of drug-likeness (QED) is 0.495. The lowest BCUT2D eigenvalue weighted by atomic mass is 10.1. The SMILES string of the molecule is COc1ccc(Cc2nc(SC3CCCCCC3)[nH]c(=O)c2Br)cc1OC. The van der Waals surface area contributed by atoms with Gasteiger partial charge in [0, 0.05) is 11.7 Å². The number of H-pyrrole nitrogens is 1. The molecule has 0 amide bonds. The van der Waals surface area contributed by atoms with Gasteiger partial charge in [-0.15, -0.1) is 0 Å². The molecule has 1 aliphatic rings. The summed E-state index contributed by atoms with van der Waals surface area (Å²) >= 11 is 5.11. The lowest BCUT2D eigenvalue weighted by Crippen LogP contribution is -2.15. The smallest absolute Gasteiger partial charge is 0.266 e. The van der Waals surface area contributed by atoms with E-state index in [9.17, 15) is 4.79 Å². The Morgan fingerprint density at radius 3 is 2.52 bits per heavy atom. The highest BCUT2D eigenvalue weighted by molar-refractivity contribution is 9.10. The van der Waals surface area contributed by atoms with E-state index < -0.39 is 0 Å². The zero-order chi connectivity index (χ0) is 19.2. The fraction of sp³-hybridized carbons (Fsp3) is 0.500. The highest BCUT2D eigenvalue weighted by Crippen LogP contribution is 2.32. The number of halogens is 1. The molecule has 1 N–H and O–H groups in total. The van der Waals surface area contributed by atoms with Gasteiger partial charge < -0.3 is 14.5 Å². The molecular formula is C20H25BrN2O3S. The van der Waals surface area contributed by atoms with Crippen LogP contribution in [0.2, 0.25) is 0 Å². The lowest BCUT2D eigenvalue weighted by molar-refractivity contribution is 0.354. The van der Waals surface area contributed by atoms with Crippen molar-refractivity contribution < 1.29 is 9.47 Å². The monoisotopic (exact) mass is 452 g/mol. The van der Waals surface area contributed by atoms with Crippen LogP contribution in [0.25, 0.3) is 0 Å². The van der Waals surface area contributed by atoms with Crippen molar-refractivity contribution in [2.75, 3.05) is 14.2 Å². The maximum absolute atomic E-state index is 12.4. The van der Waals surface area contributed by atoms with Crippen molar-refractivity contribution in [2.45, 2.75) is 55.4 Å². The van der Waals surface area contributed by atoms with Gasteiger partial charge in [-0.05, 0) is 46.5 Å². The summed E-state index contributed by atoms with van der Waals surface area (Å²) in [6.45, 7) is 0. The van der Waals surface area contributed by atoms with Crippen LogP contribution in [-0.2, 0) is 6.42 Å². The van der Waals surface area contributed by atoms with Crippen molar-refractivity contribution in [3.63, 3.8) is 0 Å². The van der Waals surface area contributed by atoms with Crippen LogP contribution in [0.1, 0.15) is 49.8 Å². The van der Waals surface area contributed by atoms with Crippen molar-refractivity contribution in [3.05, 3.63) is 44.3 Å². The molecule has 27 heavy (non-hydrogen) atoms. The van der Waals surface area contributed by atoms with E-state index in [0.717, 1.165) is 11.3 Å². The molecule has 1 saturated carbocycles. The Labute approximate surface area is 172 Å². The Morgan fingerprint density at radius 2 is 1.85 bits per heavy atom. The summed E-state index contributed by atoms with van der Waals surface area (Å²) in [5.74, 6) is 1.35. The van der Waals surface area contributed by atoms with Gasteiger partial charge in [-0.1, -0.05) is 43.5 Å². The Bertz CT molecular complexity index is 832. The molecule has 7 heteroatoms. The third-order valence-corrected chi connectivity index (χ3v) is 6.85. The third-order valence-electron chi connectivity index (χ3n) is 4.81. The minimum atomic E-state index is -0.128. The summed E-state index contributed by atoms with van der Waals surface area (Å²) in [6.07, 6.45) is 8.07. The first-order valence-corrected chi connectivity index (χ1v) is 10.9. The molecule has 1 aromatic heterocycles. The van der Waals surface area contributed by atoms with Gasteiger partial charge in [0.1, 0.15) is 4.47 Å². The molecular weight excluding hydrogens is 428 g/mol. The van der Waals surface area contributed by atoms with Gasteiger partial charge >= 0.3 is 0 Å². The average molecular weight is 453 g/mol. The summed E-state index contributed by atoms with van der Waals surface area (Å²) < 4.78 is 11.2. The number of methoxy groups -OCH3 is 2. The van der Waals surface area contributed by atoms with Crippen molar-refractivity contribution in [3.8, 4) is 11.5 Å². The standard InChI is InChI=1S/C20H25BrN2O3S/c1-25-16-10-9-13(12-17(16)26-2)11-15-18(21)19(24)23-20(22-15)27-14-7-5-3-4-6-8-14/h9-10,12,14H,3-8,11H2,1-2H3,(H,22,23,24). The predicted molar refractivity (Wildman–Crippen MR) is 112 cm³/mol. The molecule has 0 saturated heterocycles. The molecule has 2 aromatic rings. The van der Waals surface area contributed by atoms with Crippen LogP contribution >= 0.6 is 27.7 Å². The van der Waals surface area contributed by atoms with E-state index in [1.807, 2.05) is 18.2 Å². The van der Waals surface area contributed by atoms with Crippen LogP contribution in [0, 0.1) is 0 Å². The van der Waals surface area contributed by atoms with Crippen molar-refractivity contribution in [1.82, 2.24) is 9.97 Å². The molecule has 0 unspecified atom stereocenters. The number of aromatic amines is 1. The largest absolute Gasteiger partial charge is 0.493 e. The number of rotatable bonds is 6. The number of benzene rings is 1. The summed E-state index contributed by atoms with van der Waals surface area (Å²) in [5.41, 5.74) is 1.62. The molecule has 1 aromatic carbocycles. The van der Waals surface area contributed by atoms with E-state index in [2.05, 4.69) is 20.9 Å². The van der Waals surface area contributed by atoms with Crippen LogP contribution in [-0.4, -0.2) is 29.4 Å². The van der Waals surface area contributed by atoms with Gasteiger partial charge in [0.15, 0.2) is 16.7 Å². The van der Waals surface area contributed by atoms with Crippen LogP contribution < -0.4 is 15.0 Å². The third kappa shape index (κ3) is 5.29. The fourth-order valence-corrected chi connectivity index (χ4v) is 4.88. The summed E-state index contributed by atoms with van der Waals surface area (Å²) in [5, 5.41) is 1.25. The second-order valence-corrected chi connectivity index (χ2v) is 8.81. The first kappa shape index (κ1) is 20.3. The van der Waals surface area contributed by atoms with E-state index in [4.69, 9.17) is 14.5 Å². The maximum Gasteiger partial charge on any atom is 0.266 e. The number of aromatic nitrogens is 2. The Kier molecular flexibility index (Phi) is 7.24. The molecule has 1 fully saturated rings. The molecule has 0 aliphatic heterocycles. The van der Waals surface area contributed by atoms with Crippen molar-refractivity contribution in [1.29, 1.82) is 0 Å². The van der Waals surface area contributed by atoms with E-state index in [1.54, 1.807) is 26.0 Å². The van der Waals surface area contributed by atoms with Gasteiger partial charge in [-0.3, -0.25) is 4.79 Å². The fourth-order valence-electron chi connectivity index (χ4n) is 3.36. The molecule has 5 nitrogen and oxygen atoms in total. The number of hydrogen-bond donors (Lipinski definition) is 1. The Balaban J connectivity index is 1.82. The van der Waals surface area contributed by atoms with Gasteiger partial charge in [0.2, 0.25) is 0 Å². The molecule has 1 heterocycles. The number of ether oxygens (including phenoxy) is 2. The molecule has 0 radical (unpaired) electrons.